The Morgan fingerprint density at radius 1 is 1.29 bits per heavy atom. The first-order chi connectivity index (χ1) is 8.02. The first-order valence-corrected chi connectivity index (χ1v) is 6.50. The topological polar surface area (TPSA) is 37.4 Å². The quantitative estimate of drug-likeness (QED) is 0.666. The van der Waals surface area contributed by atoms with Gasteiger partial charge < -0.3 is 4.90 Å². The molecule has 3 heteroatoms. The molecule has 96 valence electrons. The Morgan fingerprint density at radius 2 is 1.94 bits per heavy atom. The van der Waals surface area contributed by atoms with E-state index in [0.29, 0.717) is 12.0 Å². The summed E-state index contributed by atoms with van der Waals surface area (Å²) in [4.78, 5) is 26.2. The van der Waals surface area contributed by atoms with E-state index in [-0.39, 0.29) is 17.5 Å². The highest BCUT2D eigenvalue weighted by Crippen LogP contribution is 2.33. The summed E-state index contributed by atoms with van der Waals surface area (Å²) in [5.41, 5.74) is 1.42. The Morgan fingerprint density at radius 3 is 2.41 bits per heavy atom. The Balaban J connectivity index is 2.96. The van der Waals surface area contributed by atoms with Crippen molar-refractivity contribution in [3.63, 3.8) is 0 Å². The van der Waals surface area contributed by atoms with E-state index < -0.39 is 0 Å². The average Bonchev–Trinajstić information content (AvgIpc) is 2.57. The maximum absolute atomic E-state index is 12.2. The molecule has 1 atom stereocenters. The fourth-order valence-corrected chi connectivity index (χ4v) is 2.41. The van der Waals surface area contributed by atoms with Crippen molar-refractivity contribution < 1.29 is 9.59 Å². The largest absolute Gasteiger partial charge is 0.380 e. The molecule has 0 bridgehead atoms. The zero-order chi connectivity index (χ0) is 13.0. The predicted molar refractivity (Wildman–Crippen MR) is 68.7 cm³/mol. The number of ketones is 2. The van der Waals surface area contributed by atoms with Gasteiger partial charge in [-0.25, -0.2) is 0 Å². The fraction of sp³-hybridized carbons (Fsp3) is 0.714. The van der Waals surface area contributed by atoms with Crippen molar-refractivity contribution in [2.24, 2.45) is 5.92 Å². The molecule has 0 aromatic carbocycles. The van der Waals surface area contributed by atoms with Crippen molar-refractivity contribution in [3.05, 3.63) is 11.3 Å². The number of rotatable bonds is 6. The molecule has 0 saturated carbocycles. The lowest BCUT2D eigenvalue weighted by Gasteiger charge is -2.15. The highest BCUT2D eigenvalue weighted by atomic mass is 16.1. The van der Waals surface area contributed by atoms with Crippen LogP contribution in [0, 0.1) is 5.92 Å². The lowest BCUT2D eigenvalue weighted by molar-refractivity contribution is -0.123. The molecule has 1 aliphatic carbocycles. The van der Waals surface area contributed by atoms with Gasteiger partial charge in [0.2, 0.25) is 0 Å². The summed E-state index contributed by atoms with van der Waals surface area (Å²) >= 11 is 0. The molecule has 3 nitrogen and oxygen atoms in total. The van der Waals surface area contributed by atoms with Crippen molar-refractivity contribution in [3.8, 4) is 0 Å². The summed E-state index contributed by atoms with van der Waals surface area (Å²) in [5, 5.41) is 0. The molecule has 0 aromatic heterocycles. The van der Waals surface area contributed by atoms with Crippen LogP contribution in [0.25, 0.3) is 0 Å². The summed E-state index contributed by atoms with van der Waals surface area (Å²) in [7, 11) is 3.83. The van der Waals surface area contributed by atoms with Crippen molar-refractivity contribution in [1.82, 2.24) is 4.90 Å². The predicted octanol–water partition coefficient (Wildman–Crippen LogP) is 2.56. The second-order valence-electron chi connectivity index (χ2n) is 4.94. The minimum Gasteiger partial charge on any atom is -0.380 e. The van der Waals surface area contributed by atoms with Gasteiger partial charge in [0.05, 0.1) is 5.57 Å². The van der Waals surface area contributed by atoms with Crippen LogP contribution in [-0.4, -0.2) is 30.6 Å². The molecule has 1 aliphatic rings. The molecule has 0 amide bonds. The van der Waals surface area contributed by atoms with Gasteiger partial charge in [-0.3, -0.25) is 9.59 Å². The molecule has 1 rings (SSSR count). The van der Waals surface area contributed by atoms with E-state index in [1.54, 1.807) is 0 Å². The Hall–Kier alpha value is -1.12. The van der Waals surface area contributed by atoms with Crippen LogP contribution in [0.4, 0.5) is 0 Å². The van der Waals surface area contributed by atoms with Crippen molar-refractivity contribution >= 4 is 11.6 Å². The third-order valence-electron chi connectivity index (χ3n) is 3.28. The second kappa shape index (κ2) is 5.99. The van der Waals surface area contributed by atoms with E-state index in [9.17, 15) is 9.59 Å². The molecular weight excluding hydrogens is 214 g/mol. The molecule has 0 saturated heterocycles. The normalized spacial score (nSPS) is 20.0. The van der Waals surface area contributed by atoms with Crippen LogP contribution in [0.1, 0.15) is 46.0 Å². The summed E-state index contributed by atoms with van der Waals surface area (Å²) < 4.78 is 0. The number of carbonyl (C=O) groups excluding carboxylic acids is 2. The van der Waals surface area contributed by atoms with Crippen LogP contribution in [0.5, 0.6) is 0 Å². The summed E-state index contributed by atoms with van der Waals surface area (Å²) in [6.07, 6.45) is 3.90. The maximum Gasteiger partial charge on any atom is 0.171 e. The Bertz CT molecular complexity index is 342. The van der Waals surface area contributed by atoms with Crippen molar-refractivity contribution in [1.29, 1.82) is 0 Å². The van der Waals surface area contributed by atoms with Crippen LogP contribution in [0.15, 0.2) is 11.3 Å². The van der Waals surface area contributed by atoms with Gasteiger partial charge >= 0.3 is 0 Å². The standard InChI is InChI=1S/C14H23NO2/c1-5-7-10-9-11(15(3)4)13(14(10)17)12(16)8-6-2/h10H,5-9H2,1-4H3. The van der Waals surface area contributed by atoms with Crippen LogP contribution in [0.3, 0.4) is 0 Å². The van der Waals surface area contributed by atoms with Crippen molar-refractivity contribution in [2.75, 3.05) is 14.1 Å². The second-order valence-corrected chi connectivity index (χ2v) is 4.94. The molecule has 1 unspecified atom stereocenters. The number of carbonyl (C=O) groups is 2. The van der Waals surface area contributed by atoms with Gasteiger partial charge in [-0.15, -0.1) is 0 Å². The number of hydrogen-bond acceptors (Lipinski definition) is 3. The molecule has 0 aliphatic heterocycles. The lowest BCUT2D eigenvalue weighted by atomic mass is 9.96. The molecule has 0 spiro atoms. The number of allylic oxidation sites excluding steroid dienone is 2. The van der Waals surface area contributed by atoms with E-state index >= 15 is 0 Å². The average molecular weight is 237 g/mol. The smallest absolute Gasteiger partial charge is 0.171 e. The first kappa shape index (κ1) is 13.9. The molecule has 0 heterocycles. The zero-order valence-corrected chi connectivity index (χ0v) is 11.4. The van der Waals surface area contributed by atoms with Crippen LogP contribution < -0.4 is 0 Å². The fourth-order valence-electron chi connectivity index (χ4n) is 2.41. The van der Waals surface area contributed by atoms with Gasteiger partial charge in [0.25, 0.3) is 0 Å². The SMILES string of the molecule is CCCC(=O)C1=C(N(C)C)CC(CCC)C1=O. The minimum atomic E-state index is 0.0276. The maximum atomic E-state index is 12.2. The van der Waals surface area contributed by atoms with Gasteiger partial charge in [-0.05, 0) is 19.3 Å². The van der Waals surface area contributed by atoms with Gasteiger partial charge in [0.15, 0.2) is 11.6 Å². The number of hydrogen-bond donors (Lipinski definition) is 0. The Kier molecular flexibility index (Phi) is 4.91. The van der Waals surface area contributed by atoms with E-state index in [2.05, 4.69) is 6.92 Å². The molecule has 17 heavy (non-hydrogen) atoms. The van der Waals surface area contributed by atoms with Gasteiger partial charge in [-0.2, -0.15) is 0 Å². The minimum absolute atomic E-state index is 0.0276. The summed E-state index contributed by atoms with van der Waals surface area (Å²) in [6.45, 7) is 4.05. The van der Waals surface area contributed by atoms with E-state index in [1.165, 1.54) is 0 Å². The van der Waals surface area contributed by atoms with Gasteiger partial charge in [0.1, 0.15) is 0 Å². The molecular formula is C14H23NO2. The lowest BCUT2D eigenvalue weighted by Crippen LogP contribution is -2.17. The summed E-state index contributed by atoms with van der Waals surface area (Å²) in [5.74, 6) is 0.141. The first-order valence-electron chi connectivity index (χ1n) is 6.50. The highest BCUT2D eigenvalue weighted by molar-refractivity contribution is 6.22. The molecule has 0 fully saturated rings. The van der Waals surface area contributed by atoms with Crippen LogP contribution in [-0.2, 0) is 9.59 Å². The van der Waals surface area contributed by atoms with Gasteiger partial charge in [-0.1, -0.05) is 20.3 Å². The molecule has 0 radical (unpaired) electrons. The monoisotopic (exact) mass is 237 g/mol. The van der Waals surface area contributed by atoms with Gasteiger partial charge in [0, 0.05) is 32.1 Å². The number of Topliss-reactive ketones (excluding diaryl/α,β-unsaturated/α-hetero) is 2. The third-order valence-corrected chi connectivity index (χ3v) is 3.28. The summed E-state index contributed by atoms with van der Waals surface area (Å²) in [6, 6.07) is 0. The molecule has 0 aromatic rings. The zero-order valence-electron chi connectivity index (χ0n) is 11.4. The van der Waals surface area contributed by atoms with E-state index in [1.807, 2.05) is 25.9 Å². The van der Waals surface area contributed by atoms with Crippen LogP contribution >= 0.6 is 0 Å². The van der Waals surface area contributed by atoms with E-state index in [0.717, 1.165) is 31.4 Å². The molecule has 0 N–H and O–H groups in total. The Labute approximate surface area is 104 Å². The third kappa shape index (κ3) is 2.96. The van der Waals surface area contributed by atoms with Crippen LogP contribution in [0.2, 0.25) is 0 Å². The highest BCUT2D eigenvalue weighted by Gasteiger charge is 2.36. The number of nitrogens with zero attached hydrogens (tertiary/aromatic N) is 1. The van der Waals surface area contributed by atoms with Crippen molar-refractivity contribution in [2.45, 2.75) is 46.0 Å². The van der Waals surface area contributed by atoms with E-state index in [4.69, 9.17) is 0 Å².